The van der Waals surface area contributed by atoms with Crippen LogP contribution in [0.25, 0.3) is 0 Å². The maximum Gasteiger partial charge on any atom is 0.300 e. The van der Waals surface area contributed by atoms with Crippen LogP contribution in [0.1, 0.15) is 31.7 Å². The zero-order valence-electron chi connectivity index (χ0n) is 11.6. The molecule has 0 unspecified atom stereocenters. The van der Waals surface area contributed by atoms with Crippen molar-refractivity contribution >= 4 is 17.5 Å². The molecule has 2 rings (SSSR count). The maximum absolute atomic E-state index is 11.8. The van der Waals surface area contributed by atoms with Crippen LogP contribution in [0.2, 0.25) is 0 Å². The van der Waals surface area contributed by atoms with E-state index < -0.39 is 0 Å². The minimum Gasteiger partial charge on any atom is -0.338 e. The number of likely N-dealkylation sites (tertiary alicyclic amines) is 1. The number of nitrogens with zero attached hydrogens (tertiary/aromatic N) is 1. The number of hydrogen-bond donors (Lipinski definition) is 1. The quantitative estimate of drug-likeness (QED) is 0.856. The lowest BCUT2D eigenvalue weighted by atomic mass is 10.1. The van der Waals surface area contributed by atoms with Crippen LogP contribution in [0.4, 0.5) is 5.69 Å². The molecule has 104 valence electrons. The van der Waals surface area contributed by atoms with Gasteiger partial charge in [-0.2, -0.15) is 0 Å². The van der Waals surface area contributed by atoms with Gasteiger partial charge in [-0.1, -0.05) is 18.1 Å². The maximum atomic E-state index is 11.8. The summed E-state index contributed by atoms with van der Waals surface area (Å²) in [6, 6.07) is 7.54. The van der Waals surface area contributed by atoms with Gasteiger partial charge in [0.2, 0.25) is 5.91 Å². The summed E-state index contributed by atoms with van der Waals surface area (Å²) in [5.74, 6) is 4.89. The van der Waals surface area contributed by atoms with Gasteiger partial charge in [-0.25, -0.2) is 0 Å². The molecule has 1 fully saturated rings. The summed E-state index contributed by atoms with van der Waals surface area (Å²) in [5.41, 5.74) is 1.72. The zero-order chi connectivity index (χ0) is 14.4. The molecule has 1 aromatic carbocycles. The number of carbonyl (C=O) groups excluding carboxylic acids is 2. The van der Waals surface area contributed by atoms with Gasteiger partial charge in [-0.3, -0.25) is 9.59 Å². The summed E-state index contributed by atoms with van der Waals surface area (Å²) in [5, 5.41) is 2.72. The summed E-state index contributed by atoms with van der Waals surface area (Å²) >= 11 is 0. The van der Waals surface area contributed by atoms with Crippen LogP contribution in [-0.4, -0.2) is 23.3 Å². The smallest absolute Gasteiger partial charge is 0.300 e. The van der Waals surface area contributed by atoms with E-state index in [4.69, 9.17) is 0 Å². The van der Waals surface area contributed by atoms with Crippen LogP contribution in [0, 0.1) is 11.8 Å². The molecule has 0 radical (unpaired) electrons. The number of piperidine rings is 1. The number of nitrogens with one attached hydrogen (secondary N) is 1. The van der Waals surface area contributed by atoms with Crippen LogP contribution >= 0.6 is 0 Å². The number of benzene rings is 1. The van der Waals surface area contributed by atoms with Crippen molar-refractivity contribution in [1.29, 1.82) is 0 Å². The molecular formula is C16H18N2O2. The van der Waals surface area contributed by atoms with E-state index in [1.165, 1.54) is 0 Å². The molecule has 0 saturated carbocycles. The van der Waals surface area contributed by atoms with Crippen LogP contribution < -0.4 is 5.32 Å². The second kappa shape index (κ2) is 6.76. The van der Waals surface area contributed by atoms with Crippen LogP contribution in [0.3, 0.4) is 0 Å². The molecule has 0 spiro atoms. The average molecular weight is 270 g/mol. The van der Waals surface area contributed by atoms with Crippen molar-refractivity contribution in [3.05, 3.63) is 29.8 Å². The molecule has 2 amide bonds. The van der Waals surface area contributed by atoms with Gasteiger partial charge < -0.3 is 10.2 Å². The van der Waals surface area contributed by atoms with Gasteiger partial charge in [0.05, 0.1) is 0 Å². The van der Waals surface area contributed by atoms with Crippen LogP contribution in [0.15, 0.2) is 24.3 Å². The van der Waals surface area contributed by atoms with E-state index in [1.54, 1.807) is 6.92 Å². The standard InChI is InChI=1S/C16H18N2O2/c1-2-6-15(19)17-14-8-5-7-13(11-14)12-18-10-4-3-9-16(18)20/h5,7-8,11H,3-4,9-10,12H2,1H3,(H,17,19). The normalized spacial score (nSPS) is 14.4. The molecule has 1 aromatic rings. The fourth-order valence-electron chi connectivity index (χ4n) is 2.27. The topological polar surface area (TPSA) is 49.4 Å². The molecule has 0 aromatic heterocycles. The monoisotopic (exact) mass is 270 g/mol. The second-order valence-corrected chi connectivity index (χ2v) is 4.80. The first-order valence-electron chi connectivity index (χ1n) is 6.79. The van der Waals surface area contributed by atoms with E-state index >= 15 is 0 Å². The summed E-state index contributed by atoms with van der Waals surface area (Å²) in [6.45, 7) is 3.04. The Labute approximate surface area is 119 Å². The van der Waals surface area contributed by atoms with E-state index in [0.717, 1.165) is 24.9 Å². The Hall–Kier alpha value is -2.28. The minimum absolute atomic E-state index is 0.211. The van der Waals surface area contributed by atoms with Crippen molar-refractivity contribution in [3.8, 4) is 11.8 Å². The van der Waals surface area contributed by atoms with E-state index in [0.29, 0.717) is 18.7 Å². The minimum atomic E-state index is -0.321. The number of anilines is 1. The predicted octanol–water partition coefficient (Wildman–Crippen LogP) is 2.16. The molecule has 1 heterocycles. The first kappa shape index (κ1) is 14.1. The van der Waals surface area contributed by atoms with E-state index in [2.05, 4.69) is 17.2 Å². The zero-order valence-corrected chi connectivity index (χ0v) is 11.6. The summed E-state index contributed by atoms with van der Waals surface area (Å²) in [6.07, 6.45) is 2.69. The van der Waals surface area contributed by atoms with Crippen molar-refractivity contribution in [1.82, 2.24) is 4.90 Å². The van der Waals surface area contributed by atoms with Crippen molar-refractivity contribution in [3.63, 3.8) is 0 Å². The third kappa shape index (κ3) is 3.86. The fourth-order valence-corrected chi connectivity index (χ4v) is 2.27. The van der Waals surface area contributed by atoms with Gasteiger partial charge in [0.15, 0.2) is 0 Å². The van der Waals surface area contributed by atoms with Crippen LogP contribution in [-0.2, 0) is 16.1 Å². The van der Waals surface area contributed by atoms with Gasteiger partial charge in [-0.05, 0) is 43.4 Å². The lowest BCUT2D eigenvalue weighted by Gasteiger charge is -2.26. The Balaban J connectivity index is 2.03. The first-order valence-corrected chi connectivity index (χ1v) is 6.79. The Morgan fingerprint density at radius 3 is 3.00 bits per heavy atom. The molecule has 20 heavy (non-hydrogen) atoms. The van der Waals surface area contributed by atoms with Crippen molar-refractivity contribution in [2.45, 2.75) is 32.7 Å². The molecule has 0 bridgehead atoms. The van der Waals surface area contributed by atoms with Gasteiger partial charge in [0.25, 0.3) is 5.91 Å². The molecule has 4 nitrogen and oxygen atoms in total. The Bertz CT molecular complexity index is 569. The van der Waals surface area contributed by atoms with E-state index in [-0.39, 0.29) is 11.8 Å². The largest absolute Gasteiger partial charge is 0.338 e. The summed E-state index contributed by atoms with van der Waals surface area (Å²) in [7, 11) is 0. The molecule has 0 aliphatic carbocycles. The third-order valence-corrected chi connectivity index (χ3v) is 3.22. The highest BCUT2D eigenvalue weighted by Crippen LogP contribution is 2.17. The van der Waals surface area contributed by atoms with Gasteiger partial charge in [-0.15, -0.1) is 0 Å². The lowest BCUT2D eigenvalue weighted by Crippen LogP contribution is -2.34. The number of rotatable bonds is 3. The van der Waals surface area contributed by atoms with E-state index in [1.807, 2.05) is 29.2 Å². The highest BCUT2D eigenvalue weighted by atomic mass is 16.2. The predicted molar refractivity (Wildman–Crippen MR) is 77.8 cm³/mol. The van der Waals surface area contributed by atoms with Gasteiger partial charge in [0, 0.05) is 25.2 Å². The summed E-state index contributed by atoms with van der Waals surface area (Å²) < 4.78 is 0. The molecule has 1 aliphatic heterocycles. The highest BCUT2D eigenvalue weighted by Gasteiger charge is 2.17. The number of hydrogen-bond acceptors (Lipinski definition) is 2. The Kier molecular flexibility index (Phi) is 4.78. The molecule has 0 atom stereocenters. The molecular weight excluding hydrogens is 252 g/mol. The van der Waals surface area contributed by atoms with Crippen molar-refractivity contribution in [2.24, 2.45) is 0 Å². The first-order chi connectivity index (χ1) is 9.69. The summed E-state index contributed by atoms with van der Waals surface area (Å²) in [4.78, 5) is 25.1. The fraction of sp³-hybridized carbons (Fsp3) is 0.375. The average Bonchev–Trinajstić information content (AvgIpc) is 2.42. The number of carbonyl (C=O) groups is 2. The SMILES string of the molecule is CC#CC(=O)Nc1cccc(CN2CCCCC2=O)c1. The highest BCUT2D eigenvalue weighted by molar-refractivity contribution is 6.03. The van der Waals surface area contributed by atoms with Gasteiger partial charge in [0.1, 0.15) is 0 Å². The molecule has 1 saturated heterocycles. The number of amides is 2. The molecule has 1 N–H and O–H groups in total. The Morgan fingerprint density at radius 1 is 1.40 bits per heavy atom. The second-order valence-electron chi connectivity index (χ2n) is 4.80. The molecule has 1 aliphatic rings. The molecule has 4 heteroatoms. The van der Waals surface area contributed by atoms with Crippen LogP contribution in [0.5, 0.6) is 0 Å². The van der Waals surface area contributed by atoms with E-state index in [9.17, 15) is 9.59 Å². The Morgan fingerprint density at radius 2 is 2.25 bits per heavy atom. The third-order valence-electron chi connectivity index (χ3n) is 3.22. The van der Waals surface area contributed by atoms with Crippen molar-refractivity contribution < 1.29 is 9.59 Å². The van der Waals surface area contributed by atoms with Gasteiger partial charge >= 0.3 is 0 Å². The van der Waals surface area contributed by atoms with Crippen molar-refractivity contribution in [2.75, 3.05) is 11.9 Å². The lowest BCUT2D eigenvalue weighted by molar-refractivity contribution is -0.133.